The Morgan fingerprint density at radius 3 is 2.11 bits per heavy atom. The summed E-state index contributed by atoms with van der Waals surface area (Å²) in [5, 5.41) is 10.0. The predicted octanol–water partition coefficient (Wildman–Crippen LogP) is 3.93. The highest BCUT2D eigenvalue weighted by Crippen LogP contribution is 2.37. The summed E-state index contributed by atoms with van der Waals surface area (Å²) < 4.78 is 0. The first-order valence-electron chi connectivity index (χ1n) is 7.81. The van der Waals surface area contributed by atoms with Gasteiger partial charge in [0, 0.05) is 13.1 Å². The summed E-state index contributed by atoms with van der Waals surface area (Å²) in [5.41, 5.74) is 0.0886. The first-order chi connectivity index (χ1) is 8.36. The van der Waals surface area contributed by atoms with Crippen molar-refractivity contribution in [2.75, 3.05) is 19.6 Å². The smallest absolute Gasteiger partial charge is 0.0596 e. The van der Waals surface area contributed by atoms with Gasteiger partial charge in [-0.2, -0.15) is 0 Å². The van der Waals surface area contributed by atoms with Crippen molar-refractivity contribution in [1.29, 1.82) is 0 Å². The number of aliphatic hydroxyl groups is 1. The van der Waals surface area contributed by atoms with Crippen LogP contribution in [0.3, 0.4) is 0 Å². The summed E-state index contributed by atoms with van der Waals surface area (Å²) in [6.45, 7) is 19.1. The Kier molecular flexibility index (Phi) is 5.12. The highest BCUT2D eigenvalue weighted by molar-refractivity contribution is 4.86. The molecule has 0 amide bonds. The molecule has 1 aliphatic heterocycles. The molecule has 1 rings (SSSR count). The third-order valence-electron chi connectivity index (χ3n) is 3.82. The molecule has 1 unspecified atom stereocenters. The van der Waals surface area contributed by atoms with Crippen LogP contribution in [-0.4, -0.2) is 35.2 Å². The molecule has 1 fully saturated rings. The van der Waals surface area contributed by atoms with Crippen molar-refractivity contribution in [2.45, 2.75) is 73.3 Å². The Balaban J connectivity index is 2.43. The monoisotopic (exact) mass is 269 g/mol. The SMILES string of the molecule is CC(C)(C)CN1CCC(CC(C)(C)CC(C)(C)O)C1. The van der Waals surface area contributed by atoms with Crippen molar-refractivity contribution in [3.8, 4) is 0 Å². The van der Waals surface area contributed by atoms with Gasteiger partial charge in [0.15, 0.2) is 0 Å². The summed E-state index contributed by atoms with van der Waals surface area (Å²) in [4.78, 5) is 2.62. The van der Waals surface area contributed by atoms with Crippen molar-refractivity contribution < 1.29 is 5.11 Å². The van der Waals surface area contributed by atoms with Crippen LogP contribution in [0.15, 0.2) is 0 Å². The van der Waals surface area contributed by atoms with E-state index < -0.39 is 5.60 Å². The summed E-state index contributed by atoms with van der Waals surface area (Å²) in [6.07, 6.45) is 3.44. The molecular weight excluding hydrogens is 234 g/mol. The van der Waals surface area contributed by atoms with Crippen LogP contribution in [0.2, 0.25) is 0 Å². The predicted molar refractivity (Wildman–Crippen MR) is 83.3 cm³/mol. The van der Waals surface area contributed by atoms with Crippen LogP contribution in [0.4, 0.5) is 0 Å². The van der Waals surface area contributed by atoms with E-state index in [0.29, 0.717) is 5.41 Å². The van der Waals surface area contributed by atoms with Crippen molar-refractivity contribution in [3.63, 3.8) is 0 Å². The second kappa shape index (κ2) is 5.73. The molecule has 2 heteroatoms. The lowest BCUT2D eigenvalue weighted by atomic mass is 9.75. The third kappa shape index (κ3) is 7.31. The maximum atomic E-state index is 10.0. The van der Waals surface area contributed by atoms with Crippen molar-refractivity contribution in [3.05, 3.63) is 0 Å². The number of likely N-dealkylation sites (tertiary alicyclic amines) is 1. The van der Waals surface area contributed by atoms with E-state index in [4.69, 9.17) is 0 Å². The van der Waals surface area contributed by atoms with E-state index >= 15 is 0 Å². The van der Waals surface area contributed by atoms with Crippen LogP contribution in [0.5, 0.6) is 0 Å². The van der Waals surface area contributed by atoms with Gasteiger partial charge in [-0.05, 0) is 56.4 Å². The fraction of sp³-hybridized carbons (Fsp3) is 1.00. The second-order valence-corrected chi connectivity index (χ2v) is 9.31. The highest BCUT2D eigenvalue weighted by atomic mass is 16.3. The summed E-state index contributed by atoms with van der Waals surface area (Å²) in [6, 6.07) is 0. The van der Waals surface area contributed by atoms with Gasteiger partial charge in [-0.3, -0.25) is 0 Å². The standard InChI is InChI=1S/C17H35NO/c1-15(2,3)13-18-9-8-14(11-18)10-16(4,5)12-17(6,7)19/h14,19H,8-13H2,1-7H3. The van der Waals surface area contributed by atoms with E-state index in [1.165, 1.54) is 32.5 Å². The number of hydrogen-bond donors (Lipinski definition) is 1. The zero-order chi connectivity index (χ0) is 14.9. The van der Waals surface area contributed by atoms with Gasteiger partial charge in [0.05, 0.1) is 5.60 Å². The van der Waals surface area contributed by atoms with Crippen LogP contribution in [-0.2, 0) is 0 Å². The van der Waals surface area contributed by atoms with Gasteiger partial charge in [-0.15, -0.1) is 0 Å². The molecule has 0 aromatic heterocycles. The second-order valence-electron chi connectivity index (χ2n) is 9.31. The molecule has 0 aromatic rings. The Hall–Kier alpha value is -0.0800. The van der Waals surface area contributed by atoms with Gasteiger partial charge in [0.1, 0.15) is 0 Å². The van der Waals surface area contributed by atoms with Crippen LogP contribution >= 0.6 is 0 Å². The Morgan fingerprint density at radius 2 is 1.63 bits per heavy atom. The number of nitrogens with zero attached hydrogens (tertiary/aromatic N) is 1. The van der Waals surface area contributed by atoms with Crippen molar-refractivity contribution in [2.24, 2.45) is 16.7 Å². The maximum absolute atomic E-state index is 10.0. The first kappa shape index (κ1) is 17.0. The van der Waals surface area contributed by atoms with E-state index in [-0.39, 0.29) is 5.41 Å². The highest BCUT2D eigenvalue weighted by Gasteiger charge is 2.33. The van der Waals surface area contributed by atoms with Gasteiger partial charge >= 0.3 is 0 Å². The van der Waals surface area contributed by atoms with Gasteiger partial charge in [-0.25, -0.2) is 0 Å². The van der Waals surface area contributed by atoms with Gasteiger partial charge in [-0.1, -0.05) is 34.6 Å². The van der Waals surface area contributed by atoms with Crippen LogP contribution in [0.25, 0.3) is 0 Å². The fourth-order valence-corrected chi connectivity index (χ4v) is 3.92. The molecule has 19 heavy (non-hydrogen) atoms. The van der Waals surface area contributed by atoms with Gasteiger partial charge < -0.3 is 10.0 Å². The minimum atomic E-state index is -0.548. The zero-order valence-corrected chi connectivity index (χ0v) is 14.2. The minimum Gasteiger partial charge on any atom is -0.390 e. The zero-order valence-electron chi connectivity index (χ0n) is 14.2. The molecule has 1 aliphatic rings. The van der Waals surface area contributed by atoms with E-state index in [1.54, 1.807) is 0 Å². The normalized spacial score (nSPS) is 23.1. The molecule has 1 N–H and O–H groups in total. The van der Waals surface area contributed by atoms with E-state index in [2.05, 4.69) is 39.5 Å². The van der Waals surface area contributed by atoms with Gasteiger partial charge in [0.25, 0.3) is 0 Å². The lowest BCUT2D eigenvalue weighted by Crippen LogP contribution is -2.32. The van der Waals surface area contributed by atoms with Gasteiger partial charge in [0.2, 0.25) is 0 Å². The van der Waals surface area contributed by atoms with E-state index in [0.717, 1.165) is 12.3 Å². The molecule has 0 aromatic carbocycles. The maximum Gasteiger partial charge on any atom is 0.0596 e. The Labute approximate surface area is 120 Å². The Morgan fingerprint density at radius 1 is 1.05 bits per heavy atom. The molecule has 0 bridgehead atoms. The summed E-state index contributed by atoms with van der Waals surface area (Å²) in [5.74, 6) is 0.805. The quantitative estimate of drug-likeness (QED) is 0.817. The molecule has 114 valence electrons. The van der Waals surface area contributed by atoms with Crippen molar-refractivity contribution in [1.82, 2.24) is 4.90 Å². The molecule has 0 radical (unpaired) electrons. The molecule has 2 nitrogen and oxygen atoms in total. The van der Waals surface area contributed by atoms with Crippen molar-refractivity contribution >= 4 is 0 Å². The molecule has 0 saturated carbocycles. The Bertz CT molecular complexity index is 283. The third-order valence-corrected chi connectivity index (χ3v) is 3.82. The average Bonchev–Trinajstić information content (AvgIpc) is 2.42. The fourth-order valence-electron chi connectivity index (χ4n) is 3.92. The average molecular weight is 269 g/mol. The largest absolute Gasteiger partial charge is 0.390 e. The lowest BCUT2D eigenvalue weighted by molar-refractivity contribution is 0.0244. The molecule has 1 atom stereocenters. The van der Waals surface area contributed by atoms with Crippen LogP contribution < -0.4 is 0 Å². The molecular formula is C17H35NO. The summed E-state index contributed by atoms with van der Waals surface area (Å²) in [7, 11) is 0. The van der Waals surface area contributed by atoms with Crippen LogP contribution in [0, 0.1) is 16.7 Å². The van der Waals surface area contributed by atoms with E-state index in [9.17, 15) is 5.11 Å². The molecule has 1 saturated heterocycles. The molecule has 0 spiro atoms. The molecule has 1 heterocycles. The van der Waals surface area contributed by atoms with E-state index in [1.807, 2.05) is 13.8 Å². The summed E-state index contributed by atoms with van der Waals surface area (Å²) >= 11 is 0. The lowest BCUT2D eigenvalue weighted by Gasteiger charge is -2.34. The first-order valence-corrected chi connectivity index (χ1v) is 7.81. The van der Waals surface area contributed by atoms with Crippen LogP contribution in [0.1, 0.15) is 67.7 Å². The topological polar surface area (TPSA) is 23.5 Å². The number of rotatable bonds is 5. The minimum absolute atomic E-state index is 0.237. The molecule has 0 aliphatic carbocycles. The number of hydrogen-bond acceptors (Lipinski definition) is 2.